The summed E-state index contributed by atoms with van der Waals surface area (Å²) in [6.07, 6.45) is 10.2. The van der Waals surface area contributed by atoms with Gasteiger partial charge in [0.2, 0.25) is 0 Å². The Bertz CT molecular complexity index is 973. The number of rotatable bonds is 4. The highest BCUT2D eigenvalue weighted by Crippen LogP contribution is 2.37. The molecule has 7 heteroatoms. The van der Waals surface area contributed by atoms with Crippen molar-refractivity contribution in [1.29, 1.82) is 0 Å². The number of aromatic nitrogens is 4. The van der Waals surface area contributed by atoms with Crippen molar-refractivity contribution in [2.75, 3.05) is 19.0 Å². The van der Waals surface area contributed by atoms with E-state index < -0.39 is 0 Å². The lowest BCUT2D eigenvalue weighted by Gasteiger charge is -2.40. The van der Waals surface area contributed by atoms with E-state index in [-0.39, 0.29) is 5.75 Å². The van der Waals surface area contributed by atoms with E-state index in [1.165, 1.54) is 25.7 Å². The molecule has 2 bridgehead atoms. The van der Waals surface area contributed by atoms with Crippen LogP contribution in [0.15, 0.2) is 49.1 Å². The van der Waals surface area contributed by atoms with Gasteiger partial charge in [0, 0.05) is 49.2 Å². The van der Waals surface area contributed by atoms with Gasteiger partial charge in [-0.15, -0.1) is 10.2 Å². The molecule has 150 valence electrons. The number of fused-ring (bicyclic) bond motifs is 2. The molecule has 5 rings (SSSR count). The first-order valence-electron chi connectivity index (χ1n) is 10.2. The lowest BCUT2D eigenvalue weighted by Crippen LogP contribution is -2.48. The Hall–Kier alpha value is -2.93. The van der Waals surface area contributed by atoms with Crippen molar-refractivity contribution in [2.24, 2.45) is 0 Å². The molecule has 0 amide bonds. The van der Waals surface area contributed by atoms with Crippen LogP contribution in [0.5, 0.6) is 5.75 Å². The maximum Gasteiger partial charge on any atom is 0.151 e. The summed E-state index contributed by atoms with van der Waals surface area (Å²) in [5, 5.41) is 19.4. The lowest BCUT2D eigenvalue weighted by atomic mass is 9.97. The summed E-state index contributed by atoms with van der Waals surface area (Å²) in [5.41, 5.74) is 2.19. The zero-order valence-corrected chi connectivity index (χ0v) is 16.8. The van der Waals surface area contributed by atoms with Crippen molar-refractivity contribution in [3.8, 4) is 22.7 Å². The highest BCUT2D eigenvalue weighted by Gasteiger charge is 2.39. The number of piperidine rings is 1. The van der Waals surface area contributed by atoms with Crippen LogP contribution in [0, 0.1) is 0 Å². The molecule has 2 unspecified atom stereocenters. The monoisotopic (exact) mass is 390 g/mol. The first kappa shape index (κ1) is 18.1. The maximum absolute atomic E-state index is 10.5. The third-order valence-electron chi connectivity index (χ3n) is 6.69. The SMILES string of the molecule is CN(c1ccc(-c2ccc(-n3ccnc3)cc2O)nn1)C1CC2CCC(C1)N2C. The molecule has 1 aromatic carbocycles. The van der Waals surface area contributed by atoms with Crippen LogP contribution in [0.1, 0.15) is 25.7 Å². The van der Waals surface area contributed by atoms with Crippen molar-refractivity contribution in [3.05, 3.63) is 49.1 Å². The van der Waals surface area contributed by atoms with E-state index in [1.807, 2.05) is 35.0 Å². The predicted octanol–water partition coefficient (Wildman–Crippen LogP) is 3.10. The van der Waals surface area contributed by atoms with Crippen LogP contribution >= 0.6 is 0 Å². The van der Waals surface area contributed by atoms with Crippen LogP contribution < -0.4 is 4.90 Å². The first-order chi connectivity index (χ1) is 14.1. The lowest BCUT2D eigenvalue weighted by molar-refractivity contribution is 0.160. The molecule has 29 heavy (non-hydrogen) atoms. The van der Waals surface area contributed by atoms with E-state index in [1.54, 1.807) is 18.6 Å². The number of benzene rings is 1. The molecule has 7 nitrogen and oxygen atoms in total. The second-order valence-electron chi connectivity index (χ2n) is 8.23. The summed E-state index contributed by atoms with van der Waals surface area (Å²) in [6.45, 7) is 0. The zero-order chi connectivity index (χ0) is 20.0. The topological polar surface area (TPSA) is 70.3 Å². The van der Waals surface area contributed by atoms with Crippen molar-refractivity contribution < 1.29 is 5.11 Å². The van der Waals surface area contributed by atoms with E-state index in [2.05, 4.69) is 39.1 Å². The van der Waals surface area contributed by atoms with E-state index in [4.69, 9.17) is 0 Å². The van der Waals surface area contributed by atoms with Gasteiger partial charge in [0.15, 0.2) is 5.82 Å². The molecular weight excluding hydrogens is 364 g/mol. The maximum atomic E-state index is 10.5. The molecule has 2 aliphatic heterocycles. The van der Waals surface area contributed by atoms with Crippen LogP contribution in [0.2, 0.25) is 0 Å². The molecule has 0 spiro atoms. The smallest absolute Gasteiger partial charge is 0.151 e. The minimum atomic E-state index is 0.179. The van der Waals surface area contributed by atoms with Gasteiger partial charge in [0.25, 0.3) is 0 Å². The fourth-order valence-corrected chi connectivity index (χ4v) is 4.85. The van der Waals surface area contributed by atoms with Gasteiger partial charge >= 0.3 is 0 Å². The molecule has 3 aromatic rings. The highest BCUT2D eigenvalue weighted by molar-refractivity contribution is 5.69. The average molecular weight is 390 g/mol. The number of nitrogens with zero attached hydrogens (tertiary/aromatic N) is 6. The number of hydrogen-bond acceptors (Lipinski definition) is 6. The summed E-state index contributed by atoms with van der Waals surface area (Å²) >= 11 is 0. The number of phenolic OH excluding ortho intramolecular Hbond substituents is 1. The Balaban J connectivity index is 1.34. The second-order valence-corrected chi connectivity index (χ2v) is 8.23. The van der Waals surface area contributed by atoms with Crippen molar-refractivity contribution >= 4 is 5.82 Å². The minimum Gasteiger partial charge on any atom is -0.507 e. The Morgan fingerprint density at radius 3 is 2.48 bits per heavy atom. The van der Waals surface area contributed by atoms with Gasteiger partial charge < -0.3 is 19.5 Å². The van der Waals surface area contributed by atoms with Crippen molar-refractivity contribution in [1.82, 2.24) is 24.6 Å². The summed E-state index contributed by atoms with van der Waals surface area (Å²) in [4.78, 5) is 8.87. The normalized spacial score (nSPS) is 24.0. The Morgan fingerprint density at radius 2 is 1.86 bits per heavy atom. The van der Waals surface area contributed by atoms with Gasteiger partial charge in [-0.2, -0.15) is 0 Å². The number of hydrogen-bond donors (Lipinski definition) is 1. The molecule has 2 saturated heterocycles. The van der Waals surface area contributed by atoms with Crippen LogP contribution in [-0.4, -0.2) is 62.0 Å². The molecule has 2 fully saturated rings. The first-order valence-corrected chi connectivity index (χ1v) is 10.2. The third-order valence-corrected chi connectivity index (χ3v) is 6.69. The Kier molecular flexibility index (Phi) is 4.47. The molecule has 2 atom stereocenters. The van der Waals surface area contributed by atoms with Gasteiger partial charge in [-0.1, -0.05) is 0 Å². The van der Waals surface area contributed by atoms with Crippen LogP contribution in [0.25, 0.3) is 16.9 Å². The Morgan fingerprint density at radius 1 is 1.07 bits per heavy atom. The van der Waals surface area contributed by atoms with Gasteiger partial charge in [0.1, 0.15) is 5.75 Å². The number of imidazole rings is 1. The second kappa shape index (κ2) is 7.15. The molecule has 1 N–H and O–H groups in total. The molecule has 2 aromatic heterocycles. The van der Waals surface area contributed by atoms with Crippen LogP contribution in [-0.2, 0) is 0 Å². The van der Waals surface area contributed by atoms with E-state index in [0.717, 1.165) is 11.5 Å². The van der Waals surface area contributed by atoms with Crippen LogP contribution in [0.3, 0.4) is 0 Å². The van der Waals surface area contributed by atoms with E-state index in [9.17, 15) is 5.11 Å². The predicted molar refractivity (Wildman–Crippen MR) is 112 cm³/mol. The third kappa shape index (κ3) is 3.25. The summed E-state index contributed by atoms with van der Waals surface area (Å²) in [7, 11) is 4.38. The number of phenols is 1. The molecule has 0 saturated carbocycles. The van der Waals surface area contributed by atoms with Crippen molar-refractivity contribution in [3.63, 3.8) is 0 Å². The van der Waals surface area contributed by atoms with Gasteiger partial charge in [0.05, 0.1) is 17.7 Å². The average Bonchev–Trinajstić information content (AvgIpc) is 3.33. The molecule has 4 heterocycles. The van der Waals surface area contributed by atoms with E-state index >= 15 is 0 Å². The summed E-state index contributed by atoms with van der Waals surface area (Å²) < 4.78 is 1.85. The molecule has 0 aliphatic carbocycles. The molecular formula is C22H26N6O. The van der Waals surface area contributed by atoms with Crippen LogP contribution in [0.4, 0.5) is 5.82 Å². The largest absolute Gasteiger partial charge is 0.507 e. The fourth-order valence-electron chi connectivity index (χ4n) is 4.85. The zero-order valence-electron chi connectivity index (χ0n) is 16.8. The van der Waals surface area contributed by atoms with Crippen molar-refractivity contribution in [2.45, 2.75) is 43.8 Å². The summed E-state index contributed by atoms with van der Waals surface area (Å²) in [5.74, 6) is 1.07. The standard InChI is InChI=1S/C22H26N6O/c1-26-15-3-4-16(26)12-18(11-15)27(2)22-8-7-20(24-25-22)19-6-5-17(13-21(19)29)28-10-9-23-14-28/h5-10,13-16,18,29H,3-4,11-12H2,1-2H3. The minimum absolute atomic E-state index is 0.179. The Labute approximate surface area is 170 Å². The summed E-state index contributed by atoms with van der Waals surface area (Å²) in [6, 6.07) is 11.4. The van der Waals surface area contributed by atoms with Gasteiger partial charge in [-0.25, -0.2) is 4.98 Å². The van der Waals surface area contributed by atoms with Gasteiger partial charge in [-0.3, -0.25) is 0 Å². The fraction of sp³-hybridized carbons (Fsp3) is 0.409. The quantitative estimate of drug-likeness (QED) is 0.738. The molecule has 2 aliphatic rings. The number of aromatic hydroxyl groups is 1. The van der Waals surface area contributed by atoms with Gasteiger partial charge in [-0.05, 0) is 57.0 Å². The highest BCUT2D eigenvalue weighted by atomic mass is 16.3. The molecule has 0 radical (unpaired) electrons. The number of anilines is 1. The van der Waals surface area contributed by atoms with E-state index in [0.29, 0.717) is 29.4 Å².